The summed E-state index contributed by atoms with van der Waals surface area (Å²) in [5.41, 5.74) is 4.16. The van der Waals surface area contributed by atoms with E-state index in [2.05, 4.69) is 17.4 Å². The van der Waals surface area contributed by atoms with Crippen molar-refractivity contribution in [2.24, 2.45) is 0 Å². The molecule has 1 aromatic heterocycles. The van der Waals surface area contributed by atoms with Gasteiger partial charge in [-0.25, -0.2) is 0 Å². The lowest BCUT2D eigenvalue weighted by atomic mass is 10.1. The first-order valence-electron chi connectivity index (χ1n) is 10.7. The second-order valence-corrected chi connectivity index (χ2v) is 8.98. The average Bonchev–Trinajstić information content (AvgIpc) is 3.14. The van der Waals surface area contributed by atoms with Crippen molar-refractivity contribution in [2.75, 3.05) is 10.2 Å². The van der Waals surface area contributed by atoms with Gasteiger partial charge >= 0.3 is 0 Å². The highest BCUT2D eigenvalue weighted by molar-refractivity contribution is 7.99. The van der Waals surface area contributed by atoms with Crippen LogP contribution >= 0.6 is 11.8 Å². The van der Waals surface area contributed by atoms with Crippen molar-refractivity contribution in [1.29, 1.82) is 0 Å². The molecule has 2 heterocycles. The van der Waals surface area contributed by atoms with E-state index in [1.165, 1.54) is 0 Å². The van der Waals surface area contributed by atoms with Gasteiger partial charge in [-0.1, -0.05) is 42.1 Å². The van der Waals surface area contributed by atoms with Crippen LogP contribution in [0.25, 0.3) is 0 Å². The Hall–Kier alpha value is -3.77. The minimum atomic E-state index is -0.165. The van der Waals surface area contributed by atoms with Crippen molar-refractivity contribution in [3.63, 3.8) is 0 Å². The first-order chi connectivity index (χ1) is 16.1. The van der Waals surface area contributed by atoms with E-state index in [0.717, 1.165) is 26.6 Å². The Balaban J connectivity index is 1.36. The molecule has 0 fully saturated rings. The van der Waals surface area contributed by atoms with Crippen LogP contribution in [0, 0.1) is 6.92 Å². The van der Waals surface area contributed by atoms with Crippen LogP contribution in [0.3, 0.4) is 0 Å². The predicted octanol–water partition coefficient (Wildman–Crippen LogP) is 6.08. The first-order valence-corrected chi connectivity index (χ1v) is 11.5. The highest BCUT2D eigenvalue weighted by Crippen LogP contribution is 2.41. The molecule has 5 nitrogen and oxygen atoms in total. The summed E-state index contributed by atoms with van der Waals surface area (Å²) in [6.07, 6.45) is 1.75. The van der Waals surface area contributed by atoms with Gasteiger partial charge in [0.05, 0.1) is 24.9 Å². The van der Waals surface area contributed by atoms with Crippen molar-refractivity contribution in [3.05, 3.63) is 108 Å². The zero-order valence-electron chi connectivity index (χ0n) is 18.1. The number of hydrogen-bond acceptors (Lipinski definition) is 4. The topological polar surface area (TPSA) is 62.6 Å². The Bertz CT molecular complexity index is 1330. The Morgan fingerprint density at radius 2 is 1.67 bits per heavy atom. The van der Waals surface area contributed by atoms with Crippen molar-refractivity contribution in [2.45, 2.75) is 29.7 Å². The van der Waals surface area contributed by atoms with Gasteiger partial charge < -0.3 is 14.6 Å². The minimum absolute atomic E-state index is 0.0798. The molecular formula is C27H22N2O3S. The first kappa shape index (κ1) is 21.1. The molecule has 5 rings (SSSR count). The lowest BCUT2D eigenvalue weighted by Gasteiger charge is -2.23. The van der Waals surface area contributed by atoms with Gasteiger partial charge in [0, 0.05) is 21.0 Å². The van der Waals surface area contributed by atoms with E-state index in [9.17, 15) is 9.59 Å². The molecule has 0 spiro atoms. The van der Waals surface area contributed by atoms with E-state index in [1.54, 1.807) is 42.3 Å². The Kier molecular flexibility index (Phi) is 5.75. The second-order valence-electron chi connectivity index (χ2n) is 7.90. The van der Waals surface area contributed by atoms with Gasteiger partial charge in [-0.3, -0.25) is 9.59 Å². The van der Waals surface area contributed by atoms with Gasteiger partial charge in [-0.15, -0.1) is 0 Å². The lowest BCUT2D eigenvalue weighted by molar-refractivity contribution is -0.115. The van der Waals surface area contributed by atoms with E-state index < -0.39 is 0 Å². The molecule has 2 amide bonds. The number of furan rings is 1. The minimum Gasteiger partial charge on any atom is -0.469 e. The Morgan fingerprint density at radius 3 is 2.42 bits per heavy atom. The molecule has 1 aliphatic heterocycles. The van der Waals surface area contributed by atoms with Crippen LogP contribution in [0.1, 0.15) is 27.2 Å². The van der Waals surface area contributed by atoms with Gasteiger partial charge in [0.2, 0.25) is 5.91 Å². The molecule has 0 saturated heterocycles. The number of hydrogen-bond donors (Lipinski definition) is 1. The lowest BCUT2D eigenvalue weighted by Crippen LogP contribution is -2.30. The summed E-state index contributed by atoms with van der Waals surface area (Å²) in [5.74, 6) is 0.406. The maximum atomic E-state index is 13.5. The van der Waals surface area contributed by atoms with Crippen molar-refractivity contribution >= 4 is 35.0 Å². The highest BCUT2D eigenvalue weighted by Gasteiger charge is 2.25. The number of amides is 2. The third-order valence-electron chi connectivity index (χ3n) is 5.63. The highest BCUT2D eigenvalue weighted by atomic mass is 32.2. The zero-order chi connectivity index (χ0) is 22.8. The van der Waals surface area contributed by atoms with E-state index in [0.29, 0.717) is 23.6 Å². The SMILES string of the molecule is Cc1ccoc1CC(=O)Nc1ccc(C(=O)N2Cc3ccccc3Sc3ccccc32)cc1. The molecule has 1 N–H and O–H groups in total. The fraction of sp³-hybridized carbons (Fsp3) is 0.111. The van der Waals surface area contributed by atoms with Crippen LogP contribution in [0.2, 0.25) is 0 Å². The Labute approximate surface area is 196 Å². The normalized spacial score (nSPS) is 12.5. The van der Waals surface area contributed by atoms with Crippen LogP contribution in [0.15, 0.2) is 99.3 Å². The molecule has 33 heavy (non-hydrogen) atoms. The molecule has 0 aliphatic carbocycles. The molecule has 0 atom stereocenters. The molecule has 6 heteroatoms. The van der Waals surface area contributed by atoms with Crippen molar-refractivity contribution < 1.29 is 14.0 Å². The number of rotatable bonds is 4. The monoisotopic (exact) mass is 454 g/mol. The third kappa shape index (κ3) is 4.43. The van der Waals surface area contributed by atoms with Crippen LogP contribution in [-0.2, 0) is 17.8 Å². The number of para-hydroxylation sites is 1. The number of benzene rings is 3. The molecule has 0 radical (unpaired) electrons. The van der Waals surface area contributed by atoms with E-state index >= 15 is 0 Å². The number of nitrogens with one attached hydrogen (secondary N) is 1. The van der Waals surface area contributed by atoms with Gasteiger partial charge in [0.1, 0.15) is 5.76 Å². The molecule has 0 unspecified atom stereocenters. The average molecular weight is 455 g/mol. The van der Waals surface area contributed by atoms with Gasteiger partial charge in [0.15, 0.2) is 0 Å². The summed E-state index contributed by atoms with van der Waals surface area (Å²) in [6.45, 7) is 2.41. The van der Waals surface area contributed by atoms with E-state index in [1.807, 2.05) is 54.3 Å². The summed E-state index contributed by atoms with van der Waals surface area (Å²) in [6, 6.07) is 25.0. The molecule has 1 aliphatic rings. The number of anilines is 2. The standard InChI is InChI=1S/C27H22N2O3S/c1-18-14-15-32-23(18)16-26(30)28-21-12-10-19(11-13-21)27(31)29-17-20-6-2-4-8-24(20)33-25-9-5-3-7-22(25)29/h2-15H,16-17H2,1H3,(H,28,30). The summed E-state index contributed by atoms with van der Waals surface area (Å²) in [7, 11) is 0. The summed E-state index contributed by atoms with van der Waals surface area (Å²) < 4.78 is 5.34. The maximum absolute atomic E-state index is 13.5. The van der Waals surface area contributed by atoms with E-state index in [4.69, 9.17) is 4.42 Å². The summed E-state index contributed by atoms with van der Waals surface area (Å²) >= 11 is 1.68. The maximum Gasteiger partial charge on any atom is 0.258 e. The number of carbonyl (C=O) groups is 2. The van der Waals surface area contributed by atoms with Crippen LogP contribution in [0.4, 0.5) is 11.4 Å². The molecule has 4 aromatic rings. The summed E-state index contributed by atoms with van der Waals surface area (Å²) in [5, 5.41) is 2.86. The summed E-state index contributed by atoms with van der Waals surface area (Å²) in [4.78, 5) is 29.9. The molecule has 3 aromatic carbocycles. The van der Waals surface area contributed by atoms with Crippen molar-refractivity contribution in [1.82, 2.24) is 0 Å². The largest absolute Gasteiger partial charge is 0.469 e. The number of fused-ring (bicyclic) bond motifs is 2. The molecule has 0 saturated carbocycles. The molecule has 164 valence electrons. The quantitative estimate of drug-likeness (QED) is 0.406. The second kappa shape index (κ2) is 9.00. The predicted molar refractivity (Wildman–Crippen MR) is 130 cm³/mol. The molecular weight excluding hydrogens is 432 g/mol. The van der Waals surface area contributed by atoms with Gasteiger partial charge in [0.25, 0.3) is 5.91 Å². The van der Waals surface area contributed by atoms with Gasteiger partial charge in [-0.05, 0) is 66.6 Å². The van der Waals surface area contributed by atoms with Crippen molar-refractivity contribution in [3.8, 4) is 0 Å². The fourth-order valence-corrected chi connectivity index (χ4v) is 4.92. The van der Waals surface area contributed by atoms with Crippen LogP contribution < -0.4 is 10.2 Å². The number of aryl methyl sites for hydroxylation is 1. The zero-order valence-corrected chi connectivity index (χ0v) is 18.9. The number of nitrogens with zero attached hydrogens (tertiary/aromatic N) is 1. The van der Waals surface area contributed by atoms with Gasteiger partial charge in [-0.2, -0.15) is 0 Å². The number of carbonyl (C=O) groups excluding carboxylic acids is 2. The molecule has 0 bridgehead atoms. The fourth-order valence-electron chi connectivity index (χ4n) is 3.84. The van der Waals surface area contributed by atoms with Crippen LogP contribution in [0.5, 0.6) is 0 Å². The third-order valence-corrected chi connectivity index (χ3v) is 6.81. The Morgan fingerprint density at radius 1 is 0.939 bits per heavy atom. The smallest absolute Gasteiger partial charge is 0.258 e. The van der Waals surface area contributed by atoms with E-state index in [-0.39, 0.29) is 18.2 Å². The van der Waals surface area contributed by atoms with Crippen LogP contribution in [-0.4, -0.2) is 11.8 Å².